The Kier molecular flexibility index (Phi) is 5.10. The van der Waals surface area contributed by atoms with Crippen molar-refractivity contribution < 1.29 is 0 Å². The summed E-state index contributed by atoms with van der Waals surface area (Å²) in [5.41, 5.74) is 5.02. The molecule has 2 nitrogen and oxygen atoms in total. The van der Waals surface area contributed by atoms with E-state index in [1.165, 1.54) is 0 Å². The molecule has 0 bridgehead atoms. The molecule has 3 aromatic carbocycles. The number of benzene rings is 3. The molecule has 4 aromatic rings. The van der Waals surface area contributed by atoms with Crippen LogP contribution in [-0.4, -0.2) is 9.78 Å². The molecule has 0 radical (unpaired) electrons. The minimum absolute atomic E-state index is 0.715. The predicted molar refractivity (Wildman–Crippen MR) is 114 cm³/mol. The van der Waals surface area contributed by atoms with Gasteiger partial charge in [-0.1, -0.05) is 71.7 Å². The van der Waals surface area contributed by atoms with E-state index in [-0.39, 0.29) is 0 Å². The molecule has 1 aromatic heterocycles. The first-order valence-corrected chi connectivity index (χ1v) is 9.30. The molecule has 132 valence electrons. The van der Waals surface area contributed by atoms with Crippen molar-refractivity contribution in [3.8, 4) is 16.9 Å². The Labute approximate surface area is 168 Å². The third kappa shape index (κ3) is 4.13. The normalized spacial score (nSPS) is 11.2. The van der Waals surface area contributed by atoms with Crippen LogP contribution in [0.3, 0.4) is 0 Å². The fourth-order valence-electron chi connectivity index (χ4n) is 2.83. The SMILES string of the molecule is Clc1ccc(/C=C/c2cc(-c3ccc(Cl)cc3)n(-c3ccccc3)n2)cc1. The second-order valence-electron chi connectivity index (χ2n) is 6.09. The fraction of sp³-hybridized carbons (Fsp3) is 0. The van der Waals surface area contributed by atoms with Crippen LogP contribution in [0.25, 0.3) is 29.1 Å². The summed E-state index contributed by atoms with van der Waals surface area (Å²) in [5.74, 6) is 0. The van der Waals surface area contributed by atoms with Crippen LogP contribution in [0.15, 0.2) is 84.9 Å². The summed E-state index contributed by atoms with van der Waals surface area (Å²) in [5, 5.41) is 6.23. The van der Waals surface area contributed by atoms with Gasteiger partial charge in [0.2, 0.25) is 0 Å². The third-order valence-corrected chi connectivity index (χ3v) is 4.69. The summed E-state index contributed by atoms with van der Waals surface area (Å²) >= 11 is 12.0. The maximum atomic E-state index is 6.05. The number of aromatic nitrogens is 2. The van der Waals surface area contributed by atoms with E-state index < -0.39 is 0 Å². The van der Waals surface area contributed by atoms with Crippen molar-refractivity contribution in [3.63, 3.8) is 0 Å². The van der Waals surface area contributed by atoms with E-state index in [2.05, 4.69) is 6.07 Å². The van der Waals surface area contributed by atoms with E-state index in [0.717, 1.165) is 33.2 Å². The van der Waals surface area contributed by atoms with Gasteiger partial charge in [-0.15, -0.1) is 0 Å². The van der Waals surface area contributed by atoms with Crippen molar-refractivity contribution in [3.05, 3.63) is 106 Å². The number of hydrogen-bond acceptors (Lipinski definition) is 1. The van der Waals surface area contributed by atoms with Crippen molar-refractivity contribution in [1.82, 2.24) is 9.78 Å². The number of para-hydroxylation sites is 1. The molecule has 4 heteroatoms. The van der Waals surface area contributed by atoms with Crippen LogP contribution in [0.2, 0.25) is 10.0 Å². The Bertz CT molecular complexity index is 1060. The Morgan fingerprint density at radius 3 is 2.00 bits per heavy atom. The average molecular weight is 391 g/mol. The van der Waals surface area contributed by atoms with E-state index >= 15 is 0 Å². The first-order chi connectivity index (χ1) is 13.2. The molecule has 0 saturated carbocycles. The van der Waals surface area contributed by atoms with Gasteiger partial charge < -0.3 is 0 Å². The molecule has 0 aliphatic carbocycles. The first kappa shape index (κ1) is 17.6. The second kappa shape index (κ2) is 7.83. The Morgan fingerprint density at radius 1 is 0.704 bits per heavy atom. The lowest BCUT2D eigenvalue weighted by molar-refractivity contribution is 0.883. The molecule has 27 heavy (non-hydrogen) atoms. The molecule has 0 spiro atoms. The van der Waals surface area contributed by atoms with Gasteiger partial charge >= 0.3 is 0 Å². The first-order valence-electron chi connectivity index (χ1n) is 8.54. The predicted octanol–water partition coefficient (Wildman–Crippen LogP) is 7.02. The average Bonchev–Trinajstić information content (AvgIpc) is 3.13. The van der Waals surface area contributed by atoms with Crippen molar-refractivity contribution in [2.24, 2.45) is 0 Å². The van der Waals surface area contributed by atoms with E-state index in [9.17, 15) is 0 Å². The molecule has 0 unspecified atom stereocenters. The van der Waals surface area contributed by atoms with Crippen molar-refractivity contribution in [2.75, 3.05) is 0 Å². The molecule has 0 amide bonds. The second-order valence-corrected chi connectivity index (χ2v) is 6.97. The summed E-state index contributed by atoms with van der Waals surface area (Å²) in [7, 11) is 0. The van der Waals surface area contributed by atoms with Crippen molar-refractivity contribution >= 4 is 35.4 Å². The number of hydrogen-bond donors (Lipinski definition) is 0. The molecule has 4 rings (SSSR count). The highest BCUT2D eigenvalue weighted by molar-refractivity contribution is 6.30. The van der Waals surface area contributed by atoms with E-state index in [1.807, 2.05) is 95.7 Å². The van der Waals surface area contributed by atoms with Crippen molar-refractivity contribution in [2.45, 2.75) is 0 Å². The quantitative estimate of drug-likeness (QED) is 0.366. The monoisotopic (exact) mass is 390 g/mol. The van der Waals surface area contributed by atoms with E-state index in [4.69, 9.17) is 28.3 Å². The lowest BCUT2D eigenvalue weighted by atomic mass is 10.1. The summed E-state index contributed by atoms with van der Waals surface area (Å²) in [6.07, 6.45) is 4.03. The highest BCUT2D eigenvalue weighted by atomic mass is 35.5. The van der Waals surface area contributed by atoms with Gasteiger partial charge in [-0.05, 0) is 54.1 Å². The molecule has 0 aliphatic heterocycles. The highest BCUT2D eigenvalue weighted by Crippen LogP contribution is 2.26. The maximum absolute atomic E-state index is 6.05. The number of nitrogens with zero attached hydrogens (tertiary/aromatic N) is 2. The van der Waals surface area contributed by atoms with Crippen LogP contribution < -0.4 is 0 Å². The molecule has 0 saturated heterocycles. The minimum Gasteiger partial charge on any atom is -0.233 e. The van der Waals surface area contributed by atoms with Gasteiger partial charge in [0.05, 0.1) is 17.1 Å². The summed E-state index contributed by atoms with van der Waals surface area (Å²) in [6, 6.07) is 27.7. The molecule has 0 N–H and O–H groups in total. The zero-order valence-corrected chi connectivity index (χ0v) is 15.9. The summed E-state index contributed by atoms with van der Waals surface area (Å²) in [6.45, 7) is 0. The van der Waals surface area contributed by atoms with Gasteiger partial charge in [0.1, 0.15) is 0 Å². The smallest absolute Gasteiger partial charge is 0.0862 e. The molecular formula is C23H16Cl2N2. The maximum Gasteiger partial charge on any atom is 0.0862 e. The van der Waals surface area contributed by atoms with Gasteiger partial charge in [-0.2, -0.15) is 5.10 Å². The van der Waals surface area contributed by atoms with Crippen LogP contribution >= 0.6 is 23.2 Å². The zero-order chi connectivity index (χ0) is 18.6. The molecule has 0 atom stereocenters. The van der Waals surface area contributed by atoms with Crippen molar-refractivity contribution in [1.29, 1.82) is 0 Å². The number of halogens is 2. The third-order valence-electron chi connectivity index (χ3n) is 4.19. The summed E-state index contributed by atoms with van der Waals surface area (Å²) < 4.78 is 1.95. The van der Waals surface area contributed by atoms with Gasteiger partial charge in [0.25, 0.3) is 0 Å². The van der Waals surface area contributed by atoms with Gasteiger partial charge in [-0.3, -0.25) is 0 Å². The topological polar surface area (TPSA) is 17.8 Å². The Balaban J connectivity index is 1.75. The van der Waals surface area contributed by atoms with Crippen LogP contribution in [-0.2, 0) is 0 Å². The van der Waals surface area contributed by atoms with Crippen LogP contribution in [0, 0.1) is 0 Å². The van der Waals surface area contributed by atoms with Gasteiger partial charge in [0, 0.05) is 15.6 Å². The van der Waals surface area contributed by atoms with Gasteiger partial charge in [0.15, 0.2) is 0 Å². The molecule has 0 fully saturated rings. The van der Waals surface area contributed by atoms with Crippen LogP contribution in [0.5, 0.6) is 0 Å². The van der Waals surface area contributed by atoms with Crippen LogP contribution in [0.4, 0.5) is 0 Å². The Hall–Kier alpha value is -2.81. The minimum atomic E-state index is 0.715. The lowest BCUT2D eigenvalue weighted by Gasteiger charge is -2.07. The summed E-state index contributed by atoms with van der Waals surface area (Å²) in [4.78, 5) is 0. The molecular weight excluding hydrogens is 375 g/mol. The van der Waals surface area contributed by atoms with E-state index in [0.29, 0.717) is 5.02 Å². The van der Waals surface area contributed by atoms with Gasteiger partial charge in [-0.25, -0.2) is 4.68 Å². The molecule has 0 aliphatic rings. The van der Waals surface area contributed by atoms with Crippen LogP contribution in [0.1, 0.15) is 11.3 Å². The highest BCUT2D eigenvalue weighted by Gasteiger charge is 2.10. The largest absolute Gasteiger partial charge is 0.233 e. The molecule has 1 heterocycles. The Morgan fingerprint density at radius 2 is 1.33 bits per heavy atom. The standard InChI is InChI=1S/C23H16Cl2N2/c24-19-11-6-17(7-12-19)8-15-21-16-23(18-9-13-20(25)14-10-18)27(26-21)22-4-2-1-3-5-22/h1-16H/b15-8+. The lowest BCUT2D eigenvalue weighted by Crippen LogP contribution is -1.98. The fourth-order valence-corrected chi connectivity index (χ4v) is 3.08. The number of rotatable bonds is 4. The van der Waals surface area contributed by atoms with E-state index in [1.54, 1.807) is 0 Å². The zero-order valence-electron chi connectivity index (χ0n) is 14.4.